The highest BCUT2D eigenvalue weighted by Crippen LogP contribution is 2.32. The topological polar surface area (TPSA) is 29.1 Å². The van der Waals surface area contributed by atoms with Crippen LogP contribution in [0.5, 0.6) is 0 Å². The maximum atomic E-state index is 12.3. The number of carbonyl (C=O) groups is 1. The lowest BCUT2D eigenvalue weighted by Crippen LogP contribution is -2.41. The summed E-state index contributed by atoms with van der Waals surface area (Å²) < 4.78 is 0. The van der Waals surface area contributed by atoms with E-state index < -0.39 is 0 Å². The highest BCUT2D eigenvalue weighted by atomic mass is 16.1. The molecule has 2 nitrogen and oxygen atoms in total. The molecule has 0 saturated carbocycles. The normalized spacial score (nSPS) is 13.3. The Kier molecular flexibility index (Phi) is 6.25. The molecule has 1 amide bonds. The largest absolute Gasteiger partial charge is 0.356 e. The Balaban J connectivity index is 2.39. The third-order valence-corrected chi connectivity index (χ3v) is 3.67. The van der Waals surface area contributed by atoms with Crippen molar-refractivity contribution in [2.45, 2.75) is 47.5 Å². The van der Waals surface area contributed by atoms with Crippen LogP contribution >= 0.6 is 0 Å². The summed E-state index contributed by atoms with van der Waals surface area (Å²) in [6, 6.07) is 10.4. The van der Waals surface area contributed by atoms with Gasteiger partial charge in [0, 0.05) is 12.5 Å². The van der Waals surface area contributed by atoms with Crippen molar-refractivity contribution in [3.05, 3.63) is 35.9 Å². The Hall–Kier alpha value is -1.31. The highest BCUT2D eigenvalue weighted by Gasteiger charge is 2.33. The van der Waals surface area contributed by atoms with Gasteiger partial charge in [0.2, 0.25) is 5.91 Å². The summed E-state index contributed by atoms with van der Waals surface area (Å²) in [6.45, 7) is 11.4. The van der Waals surface area contributed by atoms with Gasteiger partial charge in [-0.2, -0.15) is 0 Å². The summed E-state index contributed by atoms with van der Waals surface area (Å²) in [6.07, 6.45) is 2.01. The van der Waals surface area contributed by atoms with E-state index in [2.05, 4.69) is 64.2 Å². The Morgan fingerprint density at radius 2 is 1.75 bits per heavy atom. The van der Waals surface area contributed by atoms with E-state index in [1.54, 1.807) is 0 Å². The van der Waals surface area contributed by atoms with E-state index in [1.807, 2.05) is 6.07 Å². The number of rotatable bonds is 6. The fraction of sp³-hybridized carbons (Fsp3) is 0.611. The van der Waals surface area contributed by atoms with Gasteiger partial charge in [-0.1, -0.05) is 65.0 Å². The molecule has 0 saturated heterocycles. The van der Waals surface area contributed by atoms with Gasteiger partial charge in [-0.25, -0.2) is 0 Å². The molecule has 0 aliphatic rings. The summed E-state index contributed by atoms with van der Waals surface area (Å²) in [4.78, 5) is 12.3. The molecule has 1 aromatic carbocycles. The van der Waals surface area contributed by atoms with Crippen LogP contribution in [0.25, 0.3) is 0 Å². The minimum Gasteiger partial charge on any atom is -0.356 e. The van der Waals surface area contributed by atoms with E-state index in [9.17, 15) is 4.79 Å². The van der Waals surface area contributed by atoms with Crippen LogP contribution in [0.15, 0.2) is 30.3 Å². The molecule has 112 valence electrons. The summed E-state index contributed by atoms with van der Waals surface area (Å²) in [5.74, 6) is 0.629. The van der Waals surface area contributed by atoms with Crippen LogP contribution < -0.4 is 5.32 Å². The van der Waals surface area contributed by atoms with E-state index in [-0.39, 0.29) is 17.2 Å². The van der Waals surface area contributed by atoms with Gasteiger partial charge in [0.1, 0.15) is 0 Å². The van der Waals surface area contributed by atoms with Gasteiger partial charge in [0.15, 0.2) is 0 Å². The van der Waals surface area contributed by atoms with Crippen molar-refractivity contribution in [3.8, 4) is 0 Å². The van der Waals surface area contributed by atoms with Gasteiger partial charge in [-0.3, -0.25) is 4.79 Å². The molecule has 0 radical (unpaired) electrons. The molecule has 2 heteroatoms. The smallest absolute Gasteiger partial charge is 0.223 e. The molecule has 1 unspecified atom stereocenters. The molecule has 0 aliphatic heterocycles. The first-order chi connectivity index (χ1) is 9.32. The zero-order chi connectivity index (χ0) is 15.2. The van der Waals surface area contributed by atoms with Gasteiger partial charge in [0.25, 0.3) is 0 Å². The minimum atomic E-state index is 0.0116. The summed E-state index contributed by atoms with van der Waals surface area (Å²) >= 11 is 0. The first-order valence-corrected chi connectivity index (χ1v) is 7.64. The molecule has 0 heterocycles. The predicted octanol–water partition coefficient (Wildman–Crippen LogP) is 4.05. The molecule has 1 rings (SSSR count). The number of aryl methyl sites for hydroxylation is 1. The Bertz CT molecular complexity index is 403. The maximum absolute atomic E-state index is 12.3. The van der Waals surface area contributed by atoms with Crippen LogP contribution in [0.1, 0.15) is 46.6 Å². The Morgan fingerprint density at radius 1 is 1.15 bits per heavy atom. The molecule has 0 aromatic heterocycles. The number of nitrogens with one attached hydrogen (secondary N) is 1. The molecule has 0 aliphatic carbocycles. The lowest BCUT2D eigenvalue weighted by molar-refractivity contribution is -0.130. The number of amides is 1. The van der Waals surface area contributed by atoms with Crippen molar-refractivity contribution < 1.29 is 4.79 Å². The van der Waals surface area contributed by atoms with E-state index >= 15 is 0 Å². The van der Waals surface area contributed by atoms with Crippen molar-refractivity contribution in [2.75, 3.05) is 6.54 Å². The minimum absolute atomic E-state index is 0.0116. The fourth-order valence-electron chi connectivity index (χ4n) is 2.95. The first kappa shape index (κ1) is 16.7. The average Bonchev–Trinajstić information content (AvgIpc) is 2.33. The van der Waals surface area contributed by atoms with Crippen molar-refractivity contribution in [1.29, 1.82) is 0 Å². The van der Waals surface area contributed by atoms with Crippen molar-refractivity contribution >= 4 is 5.91 Å². The number of benzene rings is 1. The standard InChI is InChI=1S/C18H29NO/c1-14(2)16(18(3,4)5)17(20)19-13-9-12-15-10-7-6-8-11-15/h6-8,10-11,14,16H,9,12-13H2,1-5H3,(H,19,20). The molecule has 1 N–H and O–H groups in total. The molecule has 0 bridgehead atoms. The van der Waals surface area contributed by atoms with E-state index in [1.165, 1.54) is 5.56 Å². The first-order valence-electron chi connectivity index (χ1n) is 7.64. The maximum Gasteiger partial charge on any atom is 0.223 e. The van der Waals surface area contributed by atoms with Crippen LogP contribution in [-0.2, 0) is 11.2 Å². The second-order valence-electron chi connectivity index (χ2n) is 6.97. The zero-order valence-electron chi connectivity index (χ0n) is 13.6. The Labute approximate surface area is 124 Å². The molecular formula is C18H29NO. The molecule has 1 aromatic rings. The third kappa shape index (κ3) is 5.36. The molecule has 0 spiro atoms. The molecule has 20 heavy (non-hydrogen) atoms. The van der Waals surface area contributed by atoms with Gasteiger partial charge < -0.3 is 5.32 Å². The second kappa shape index (κ2) is 7.47. The van der Waals surface area contributed by atoms with Gasteiger partial charge in [0.05, 0.1) is 0 Å². The Morgan fingerprint density at radius 3 is 2.25 bits per heavy atom. The molecule has 1 atom stereocenters. The van der Waals surface area contributed by atoms with Gasteiger partial charge in [-0.15, -0.1) is 0 Å². The quantitative estimate of drug-likeness (QED) is 0.780. The van der Waals surface area contributed by atoms with Gasteiger partial charge in [-0.05, 0) is 29.7 Å². The van der Waals surface area contributed by atoms with Crippen molar-refractivity contribution in [2.24, 2.45) is 17.3 Å². The molecule has 0 fully saturated rings. The third-order valence-electron chi connectivity index (χ3n) is 3.67. The van der Waals surface area contributed by atoms with Crippen molar-refractivity contribution in [3.63, 3.8) is 0 Å². The fourth-order valence-corrected chi connectivity index (χ4v) is 2.95. The monoisotopic (exact) mass is 275 g/mol. The lowest BCUT2D eigenvalue weighted by Gasteiger charge is -2.32. The number of hydrogen-bond donors (Lipinski definition) is 1. The summed E-state index contributed by atoms with van der Waals surface area (Å²) in [5, 5.41) is 3.10. The number of carbonyl (C=O) groups excluding carboxylic acids is 1. The molecular weight excluding hydrogens is 246 g/mol. The van der Waals surface area contributed by atoms with Crippen LogP contribution in [0.2, 0.25) is 0 Å². The average molecular weight is 275 g/mol. The zero-order valence-corrected chi connectivity index (χ0v) is 13.6. The van der Waals surface area contributed by atoms with Crippen LogP contribution in [0, 0.1) is 17.3 Å². The van der Waals surface area contributed by atoms with Crippen LogP contribution in [0.3, 0.4) is 0 Å². The van der Waals surface area contributed by atoms with Crippen molar-refractivity contribution in [1.82, 2.24) is 5.32 Å². The predicted molar refractivity (Wildman–Crippen MR) is 85.6 cm³/mol. The SMILES string of the molecule is CC(C)C(C(=O)NCCCc1ccccc1)C(C)(C)C. The van der Waals surface area contributed by atoms with Gasteiger partial charge >= 0.3 is 0 Å². The van der Waals surface area contributed by atoms with Crippen LogP contribution in [-0.4, -0.2) is 12.5 Å². The summed E-state index contributed by atoms with van der Waals surface area (Å²) in [7, 11) is 0. The van der Waals surface area contributed by atoms with E-state index in [0.29, 0.717) is 5.92 Å². The highest BCUT2D eigenvalue weighted by molar-refractivity contribution is 5.79. The van der Waals surface area contributed by atoms with Crippen LogP contribution in [0.4, 0.5) is 0 Å². The number of hydrogen-bond acceptors (Lipinski definition) is 1. The second-order valence-corrected chi connectivity index (χ2v) is 6.97. The summed E-state index contributed by atoms with van der Waals surface area (Å²) in [5.41, 5.74) is 1.34. The van der Waals surface area contributed by atoms with E-state index in [4.69, 9.17) is 0 Å². The lowest BCUT2D eigenvalue weighted by atomic mass is 9.74. The van der Waals surface area contributed by atoms with E-state index in [0.717, 1.165) is 19.4 Å².